The molecule has 0 saturated heterocycles. The Labute approximate surface area is 101 Å². The van der Waals surface area contributed by atoms with E-state index < -0.39 is 0 Å². The van der Waals surface area contributed by atoms with Crippen LogP contribution in [0.2, 0.25) is 0 Å². The van der Waals surface area contributed by atoms with E-state index in [2.05, 4.69) is 20.8 Å². The lowest BCUT2D eigenvalue weighted by molar-refractivity contribution is 0.509. The third-order valence-corrected chi connectivity index (χ3v) is 2.48. The molecule has 0 saturated carbocycles. The Morgan fingerprint density at radius 3 is 1.88 bits per heavy atom. The van der Waals surface area contributed by atoms with Crippen molar-refractivity contribution >= 4 is 5.76 Å². The Kier molecular flexibility index (Phi) is 3.55. The molecule has 0 unspecified atom stereocenters. The summed E-state index contributed by atoms with van der Waals surface area (Å²) >= 11 is 0. The van der Waals surface area contributed by atoms with Crippen LogP contribution in [0.3, 0.4) is 0 Å². The van der Waals surface area contributed by atoms with Gasteiger partial charge in [0.2, 0.25) is 0 Å². The van der Waals surface area contributed by atoms with Gasteiger partial charge in [-0.05, 0) is 11.0 Å². The van der Waals surface area contributed by atoms with E-state index in [1.807, 2.05) is 12.1 Å². The van der Waals surface area contributed by atoms with Crippen LogP contribution < -0.4 is 0 Å². The Hall–Kier alpha value is -2.26. The summed E-state index contributed by atoms with van der Waals surface area (Å²) in [5.41, 5.74) is 1.37. The van der Waals surface area contributed by atoms with Crippen LogP contribution in [0.15, 0.2) is 29.8 Å². The molecule has 3 heteroatoms. The maximum Gasteiger partial charge on any atom is 0.171 e. The van der Waals surface area contributed by atoms with E-state index in [0.29, 0.717) is 5.56 Å². The monoisotopic (exact) mass is 226 g/mol. The van der Waals surface area contributed by atoms with E-state index in [4.69, 9.17) is 10.5 Å². The fourth-order valence-electron chi connectivity index (χ4n) is 1.40. The molecule has 1 aromatic rings. The molecular formula is C14H14N2O. The van der Waals surface area contributed by atoms with Gasteiger partial charge in [-0.25, -0.2) is 0 Å². The molecule has 0 atom stereocenters. The molecule has 17 heavy (non-hydrogen) atoms. The van der Waals surface area contributed by atoms with Crippen LogP contribution in [0.4, 0.5) is 0 Å². The highest BCUT2D eigenvalue weighted by atomic mass is 16.3. The number of aliphatic hydroxyl groups is 1. The fraction of sp³-hybridized carbons (Fsp3) is 0.286. The lowest BCUT2D eigenvalue weighted by Crippen LogP contribution is -2.10. The van der Waals surface area contributed by atoms with Gasteiger partial charge in [-0.3, -0.25) is 0 Å². The molecular weight excluding hydrogens is 212 g/mol. The maximum atomic E-state index is 9.71. The number of allylic oxidation sites excluding steroid dienone is 1. The lowest BCUT2D eigenvalue weighted by atomic mass is 9.86. The molecule has 1 rings (SSSR count). The van der Waals surface area contributed by atoms with Crippen LogP contribution >= 0.6 is 0 Å². The normalized spacial score (nSPS) is 10.2. The first-order valence-electron chi connectivity index (χ1n) is 5.24. The van der Waals surface area contributed by atoms with Gasteiger partial charge in [0.25, 0.3) is 0 Å². The van der Waals surface area contributed by atoms with Crippen LogP contribution in [-0.2, 0) is 5.41 Å². The van der Waals surface area contributed by atoms with E-state index in [-0.39, 0.29) is 16.7 Å². The molecule has 0 fully saturated rings. The summed E-state index contributed by atoms with van der Waals surface area (Å²) in [7, 11) is 0. The van der Waals surface area contributed by atoms with Gasteiger partial charge in [0.15, 0.2) is 11.3 Å². The first-order valence-corrected chi connectivity index (χ1v) is 5.24. The molecule has 0 radical (unpaired) electrons. The highest BCUT2D eigenvalue weighted by Gasteiger charge is 2.14. The van der Waals surface area contributed by atoms with Crippen LogP contribution in [0.25, 0.3) is 5.76 Å². The second-order valence-corrected chi connectivity index (χ2v) is 4.77. The average Bonchev–Trinajstić information content (AvgIpc) is 2.29. The molecule has 86 valence electrons. The number of rotatable bonds is 1. The number of hydrogen-bond donors (Lipinski definition) is 1. The Morgan fingerprint density at radius 2 is 1.53 bits per heavy atom. The Bertz CT molecular complexity index is 503. The molecule has 0 aliphatic heterocycles. The Morgan fingerprint density at radius 1 is 1.06 bits per heavy atom. The average molecular weight is 226 g/mol. The van der Waals surface area contributed by atoms with Gasteiger partial charge in [-0.15, -0.1) is 0 Å². The van der Waals surface area contributed by atoms with Crippen molar-refractivity contribution in [1.29, 1.82) is 10.5 Å². The molecule has 3 nitrogen and oxygen atoms in total. The van der Waals surface area contributed by atoms with E-state index in [1.165, 1.54) is 0 Å². The van der Waals surface area contributed by atoms with Crippen molar-refractivity contribution in [2.24, 2.45) is 0 Å². The number of hydrogen-bond acceptors (Lipinski definition) is 3. The van der Waals surface area contributed by atoms with Crippen LogP contribution in [0, 0.1) is 22.7 Å². The van der Waals surface area contributed by atoms with E-state index in [0.717, 1.165) is 5.56 Å². The van der Waals surface area contributed by atoms with Crippen molar-refractivity contribution in [2.45, 2.75) is 26.2 Å². The van der Waals surface area contributed by atoms with Crippen molar-refractivity contribution in [2.75, 3.05) is 0 Å². The highest BCUT2D eigenvalue weighted by molar-refractivity contribution is 5.69. The molecule has 0 amide bonds. The molecule has 1 N–H and O–H groups in total. The highest BCUT2D eigenvalue weighted by Crippen LogP contribution is 2.24. The minimum absolute atomic E-state index is 0.0329. The predicted molar refractivity (Wildman–Crippen MR) is 65.9 cm³/mol. The molecule has 0 aliphatic carbocycles. The largest absolute Gasteiger partial charge is 0.505 e. The molecule has 0 spiro atoms. The second kappa shape index (κ2) is 4.72. The molecule has 0 aliphatic rings. The van der Waals surface area contributed by atoms with Crippen LogP contribution in [0.5, 0.6) is 0 Å². The summed E-state index contributed by atoms with van der Waals surface area (Å²) in [5, 5.41) is 27.0. The van der Waals surface area contributed by atoms with Crippen molar-refractivity contribution in [3.05, 3.63) is 41.0 Å². The van der Waals surface area contributed by atoms with E-state index in [9.17, 15) is 5.11 Å². The second-order valence-electron chi connectivity index (χ2n) is 4.77. The number of nitriles is 2. The standard InChI is InChI=1S/C14H14N2O/c1-14(2,3)12-6-4-10(5-7-12)13(17)11(8-15)9-16/h4-7,17H,1-3H3. The van der Waals surface area contributed by atoms with Crippen molar-refractivity contribution in [3.63, 3.8) is 0 Å². The number of aliphatic hydroxyl groups excluding tert-OH is 1. The van der Waals surface area contributed by atoms with Gasteiger partial charge in [0.05, 0.1) is 0 Å². The van der Waals surface area contributed by atoms with Crippen LogP contribution in [-0.4, -0.2) is 5.11 Å². The van der Waals surface area contributed by atoms with Gasteiger partial charge in [0, 0.05) is 5.56 Å². The van der Waals surface area contributed by atoms with Gasteiger partial charge in [0.1, 0.15) is 12.1 Å². The van der Waals surface area contributed by atoms with Gasteiger partial charge in [-0.1, -0.05) is 45.0 Å². The minimum atomic E-state index is -0.270. The lowest BCUT2D eigenvalue weighted by Gasteiger charge is -2.19. The van der Waals surface area contributed by atoms with Gasteiger partial charge in [-0.2, -0.15) is 10.5 Å². The zero-order valence-electron chi connectivity index (χ0n) is 10.2. The van der Waals surface area contributed by atoms with Gasteiger partial charge < -0.3 is 5.11 Å². The Balaban J connectivity index is 3.19. The molecule has 0 heterocycles. The quantitative estimate of drug-likeness (QED) is 0.590. The molecule has 0 bridgehead atoms. The van der Waals surface area contributed by atoms with Gasteiger partial charge >= 0.3 is 0 Å². The minimum Gasteiger partial charge on any atom is -0.505 e. The van der Waals surface area contributed by atoms with Crippen molar-refractivity contribution in [1.82, 2.24) is 0 Å². The smallest absolute Gasteiger partial charge is 0.171 e. The zero-order valence-corrected chi connectivity index (χ0v) is 10.2. The fourth-order valence-corrected chi connectivity index (χ4v) is 1.40. The number of nitrogens with zero attached hydrogens (tertiary/aromatic N) is 2. The van der Waals surface area contributed by atoms with Crippen LogP contribution in [0.1, 0.15) is 31.9 Å². The molecule has 1 aromatic carbocycles. The summed E-state index contributed by atoms with van der Waals surface area (Å²) in [6.07, 6.45) is 0. The van der Waals surface area contributed by atoms with E-state index >= 15 is 0 Å². The SMILES string of the molecule is CC(C)(C)c1ccc(C(O)=C(C#N)C#N)cc1. The summed E-state index contributed by atoms with van der Waals surface area (Å²) in [6, 6.07) is 10.5. The zero-order chi connectivity index (χ0) is 13.1. The third kappa shape index (κ3) is 2.86. The van der Waals surface area contributed by atoms with Crippen molar-refractivity contribution < 1.29 is 5.11 Å². The predicted octanol–water partition coefficient (Wildman–Crippen LogP) is 3.30. The van der Waals surface area contributed by atoms with E-state index in [1.54, 1.807) is 24.3 Å². The summed E-state index contributed by atoms with van der Waals surface area (Å²) in [4.78, 5) is 0. The van der Waals surface area contributed by atoms with Crippen molar-refractivity contribution in [3.8, 4) is 12.1 Å². The topological polar surface area (TPSA) is 67.8 Å². The summed E-state index contributed by atoms with van der Waals surface area (Å²) in [6.45, 7) is 6.27. The first kappa shape index (κ1) is 12.8. The maximum absolute atomic E-state index is 9.71. The first-order chi connectivity index (χ1) is 7.90. The third-order valence-electron chi connectivity index (χ3n) is 2.48. The number of benzene rings is 1. The summed E-state index contributed by atoms with van der Waals surface area (Å²) < 4.78 is 0. The molecule has 0 aromatic heterocycles. The summed E-state index contributed by atoms with van der Waals surface area (Å²) in [5.74, 6) is -0.268.